The van der Waals surface area contributed by atoms with Crippen LogP contribution in [-0.2, 0) is 6.54 Å². The van der Waals surface area contributed by atoms with Crippen LogP contribution in [-0.4, -0.2) is 43.7 Å². The maximum atomic E-state index is 12.5. The lowest BCUT2D eigenvalue weighted by Gasteiger charge is -2.23. The van der Waals surface area contributed by atoms with Crippen LogP contribution in [0.4, 0.5) is 13.2 Å². The molecular weight excluding hydrogens is 271 g/mol. The molecule has 0 saturated heterocycles. The number of halogens is 3. The van der Waals surface area contributed by atoms with Gasteiger partial charge in [-0.1, -0.05) is 12.1 Å². The van der Waals surface area contributed by atoms with E-state index in [-0.39, 0.29) is 13.1 Å². The van der Waals surface area contributed by atoms with Crippen molar-refractivity contribution >= 4 is 5.91 Å². The van der Waals surface area contributed by atoms with E-state index in [9.17, 15) is 18.0 Å². The summed E-state index contributed by atoms with van der Waals surface area (Å²) in [7, 11) is 1.69. The Labute approximate surface area is 115 Å². The molecule has 0 bridgehead atoms. The van der Waals surface area contributed by atoms with Gasteiger partial charge in [0.1, 0.15) is 0 Å². The third-order valence-corrected chi connectivity index (χ3v) is 2.73. The average molecular weight is 289 g/mol. The molecule has 20 heavy (non-hydrogen) atoms. The molecule has 7 heteroatoms. The van der Waals surface area contributed by atoms with Crippen molar-refractivity contribution in [3.05, 3.63) is 35.4 Å². The van der Waals surface area contributed by atoms with E-state index in [0.29, 0.717) is 17.7 Å². The standard InChI is InChI=1S/C13H18F3N3O/c1-18-6-7-19(9-13(14,15)16)8-10-2-4-11(5-3-10)12(17)20/h2-5,18H,6-9H2,1H3,(H2,17,20). The molecule has 1 aromatic carbocycles. The molecule has 0 aliphatic heterocycles. The monoisotopic (exact) mass is 289 g/mol. The van der Waals surface area contributed by atoms with Crippen LogP contribution in [0.5, 0.6) is 0 Å². The van der Waals surface area contributed by atoms with E-state index >= 15 is 0 Å². The highest BCUT2D eigenvalue weighted by molar-refractivity contribution is 5.92. The second-order valence-electron chi connectivity index (χ2n) is 4.49. The van der Waals surface area contributed by atoms with Gasteiger partial charge in [-0.05, 0) is 24.7 Å². The van der Waals surface area contributed by atoms with Crippen LogP contribution < -0.4 is 11.1 Å². The molecule has 0 spiro atoms. The summed E-state index contributed by atoms with van der Waals surface area (Å²) in [4.78, 5) is 12.2. The minimum absolute atomic E-state index is 0.167. The highest BCUT2D eigenvalue weighted by Gasteiger charge is 2.30. The first-order chi connectivity index (χ1) is 9.31. The first-order valence-corrected chi connectivity index (χ1v) is 6.14. The summed E-state index contributed by atoms with van der Waals surface area (Å²) in [5, 5.41) is 2.82. The minimum atomic E-state index is -4.24. The van der Waals surface area contributed by atoms with Crippen molar-refractivity contribution in [2.45, 2.75) is 12.7 Å². The fourth-order valence-electron chi connectivity index (χ4n) is 1.77. The van der Waals surface area contributed by atoms with E-state index in [2.05, 4.69) is 5.32 Å². The Bertz CT molecular complexity index is 431. The fourth-order valence-corrected chi connectivity index (χ4v) is 1.77. The molecule has 0 fully saturated rings. The maximum absolute atomic E-state index is 12.5. The zero-order valence-corrected chi connectivity index (χ0v) is 11.2. The van der Waals surface area contributed by atoms with Crippen molar-refractivity contribution in [2.24, 2.45) is 5.73 Å². The van der Waals surface area contributed by atoms with Gasteiger partial charge in [-0.2, -0.15) is 13.2 Å². The van der Waals surface area contributed by atoms with Gasteiger partial charge in [0.25, 0.3) is 0 Å². The molecule has 0 atom stereocenters. The van der Waals surface area contributed by atoms with Gasteiger partial charge in [0.15, 0.2) is 0 Å². The van der Waals surface area contributed by atoms with Crippen LogP contribution in [0.15, 0.2) is 24.3 Å². The smallest absolute Gasteiger partial charge is 0.366 e. The SMILES string of the molecule is CNCCN(Cc1ccc(C(N)=O)cc1)CC(F)(F)F. The molecule has 1 rings (SSSR count). The summed E-state index contributed by atoms with van der Waals surface area (Å²) in [6.45, 7) is -0.0461. The summed E-state index contributed by atoms with van der Waals surface area (Å²) in [6.07, 6.45) is -4.24. The number of amides is 1. The van der Waals surface area contributed by atoms with Gasteiger partial charge >= 0.3 is 6.18 Å². The molecular formula is C13H18F3N3O. The Morgan fingerprint density at radius 1 is 1.30 bits per heavy atom. The molecule has 0 aromatic heterocycles. The highest BCUT2D eigenvalue weighted by Crippen LogP contribution is 2.18. The maximum Gasteiger partial charge on any atom is 0.401 e. The topological polar surface area (TPSA) is 58.4 Å². The molecule has 4 nitrogen and oxygen atoms in total. The number of nitrogens with two attached hydrogens (primary N) is 1. The Morgan fingerprint density at radius 3 is 2.35 bits per heavy atom. The average Bonchev–Trinajstić information content (AvgIpc) is 2.35. The van der Waals surface area contributed by atoms with Crippen molar-refractivity contribution in [1.82, 2.24) is 10.2 Å². The van der Waals surface area contributed by atoms with Crippen LogP contribution in [0.1, 0.15) is 15.9 Å². The fraction of sp³-hybridized carbons (Fsp3) is 0.462. The highest BCUT2D eigenvalue weighted by atomic mass is 19.4. The first kappa shape index (κ1) is 16.5. The number of hydrogen-bond donors (Lipinski definition) is 2. The number of carbonyl (C=O) groups is 1. The normalized spacial score (nSPS) is 11.8. The number of rotatable bonds is 7. The van der Waals surface area contributed by atoms with E-state index in [0.717, 1.165) is 0 Å². The molecule has 3 N–H and O–H groups in total. The molecule has 0 heterocycles. The molecule has 1 aromatic rings. The van der Waals surface area contributed by atoms with Gasteiger partial charge in [-0.25, -0.2) is 0 Å². The molecule has 112 valence electrons. The summed E-state index contributed by atoms with van der Waals surface area (Å²) in [5.74, 6) is -0.557. The van der Waals surface area contributed by atoms with Crippen LogP contribution in [0.2, 0.25) is 0 Å². The second kappa shape index (κ2) is 7.25. The second-order valence-corrected chi connectivity index (χ2v) is 4.49. The Hall–Kier alpha value is -1.60. The van der Waals surface area contributed by atoms with Crippen LogP contribution in [0.3, 0.4) is 0 Å². The van der Waals surface area contributed by atoms with Crippen molar-refractivity contribution in [3.8, 4) is 0 Å². The van der Waals surface area contributed by atoms with Crippen molar-refractivity contribution in [3.63, 3.8) is 0 Å². The lowest BCUT2D eigenvalue weighted by atomic mass is 10.1. The minimum Gasteiger partial charge on any atom is -0.366 e. The number of carbonyl (C=O) groups excluding carboxylic acids is 1. The number of benzene rings is 1. The molecule has 0 aliphatic rings. The van der Waals surface area contributed by atoms with Crippen molar-refractivity contribution in [1.29, 1.82) is 0 Å². The predicted molar refractivity (Wildman–Crippen MR) is 70.2 cm³/mol. The van der Waals surface area contributed by atoms with Gasteiger partial charge in [-0.15, -0.1) is 0 Å². The summed E-state index contributed by atoms with van der Waals surface area (Å²) in [6, 6.07) is 6.26. The van der Waals surface area contributed by atoms with Crippen LogP contribution >= 0.6 is 0 Å². The van der Waals surface area contributed by atoms with Crippen molar-refractivity contribution < 1.29 is 18.0 Å². The zero-order valence-electron chi connectivity index (χ0n) is 11.2. The largest absolute Gasteiger partial charge is 0.401 e. The third kappa shape index (κ3) is 6.03. The summed E-state index contributed by atoms with van der Waals surface area (Å²) in [5.41, 5.74) is 6.15. The quantitative estimate of drug-likeness (QED) is 0.797. The molecule has 0 radical (unpaired) electrons. The van der Waals surface area contributed by atoms with Gasteiger partial charge in [0.2, 0.25) is 5.91 Å². The van der Waals surface area contributed by atoms with E-state index in [1.165, 1.54) is 17.0 Å². The van der Waals surface area contributed by atoms with Gasteiger partial charge in [0.05, 0.1) is 6.54 Å². The number of nitrogens with one attached hydrogen (secondary N) is 1. The van der Waals surface area contributed by atoms with E-state index in [4.69, 9.17) is 5.73 Å². The first-order valence-electron chi connectivity index (χ1n) is 6.14. The number of likely N-dealkylation sites (N-methyl/N-ethyl adjacent to an activating group) is 1. The number of nitrogens with zero attached hydrogens (tertiary/aromatic N) is 1. The molecule has 0 saturated carbocycles. The molecule has 1 amide bonds. The Kier molecular flexibility index (Phi) is 5.97. The van der Waals surface area contributed by atoms with Crippen LogP contribution in [0, 0.1) is 0 Å². The number of alkyl halides is 3. The Balaban J connectivity index is 2.70. The summed E-state index contributed by atoms with van der Waals surface area (Å²) < 4.78 is 37.4. The van der Waals surface area contributed by atoms with E-state index in [1.54, 1.807) is 19.2 Å². The predicted octanol–water partition coefficient (Wildman–Crippen LogP) is 1.37. The van der Waals surface area contributed by atoms with E-state index < -0.39 is 18.6 Å². The van der Waals surface area contributed by atoms with Gasteiger partial charge < -0.3 is 11.1 Å². The third-order valence-electron chi connectivity index (χ3n) is 2.73. The lowest BCUT2D eigenvalue weighted by Crippen LogP contribution is -2.37. The summed E-state index contributed by atoms with van der Waals surface area (Å²) >= 11 is 0. The number of hydrogen-bond acceptors (Lipinski definition) is 3. The lowest BCUT2D eigenvalue weighted by molar-refractivity contribution is -0.146. The van der Waals surface area contributed by atoms with Crippen molar-refractivity contribution in [2.75, 3.05) is 26.7 Å². The van der Waals surface area contributed by atoms with Gasteiger partial charge in [-0.3, -0.25) is 9.69 Å². The van der Waals surface area contributed by atoms with E-state index in [1.807, 2.05) is 0 Å². The number of primary amides is 1. The molecule has 0 unspecified atom stereocenters. The van der Waals surface area contributed by atoms with Gasteiger partial charge in [0, 0.05) is 25.2 Å². The Morgan fingerprint density at radius 2 is 1.90 bits per heavy atom. The zero-order chi connectivity index (χ0) is 15.2. The van der Waals surface area contributed by atoms with Crippen LogP contribution in [0.25, 0.3) is 0 Å². The molecule has 0 aliphatic carbocycles.